The summed E-state index contributed by atoms with van der Waals surface area (Å²) in [6, 6.07) is 7.98. The number of carbonyl (C=O) groups is 1. The number of halogens is 1. The molecule has 20 heavy (non-hydrogen) atoms. The third kappa shape index (κ3) is 3.87. The molecule has 1 N–H and O–H groups in total. The molecule has 110 valence electrons. The fraction of sp³-hybridized carbons (Fsp3) is 0.533. The molecule has 1 saturated heterocycles. The number of amides is 2. The highest BCUT2D eigenvalue weighted by molar-refractivity contribution is 6.30. The molecule has 1 fully saturated rings. The minimum atomic E-state index is 0.0447. The Hall–Kier alpha value is -1.26. The molecular formula is C15H22ClN3O. The summed E-state index contributed by atoms with van der Waals surface area (Å²) in [7, 11) is 4.03. The molecule has 2 amide bonds. The van der Waals surface area contributed by atoms with Gasteiger partial charge in [-0.25, -0.2) is 4.79 Å². The Morgan fingerprint density at radius 1 is 1.30 bits per heavy atom. The van der Waals surface area contributed by atoms with Crippen LogP contribution in [0.25, 0.3) is 0 Å². The number of nitrogens with zero attached hydrogens (tertiary/aromatic N) is 2. The second-order valence-corrected chi connectivity index (χ2v) is 5.85. The van der Waals surface area contributed by atoms with Crippen LogP contribution in [-0.4, -0.2) is 49.6 Å². The summed E-state index contributed by atoms with van der Waals surface area (Å²) in [6.07, 6.45) is 2.23. The first-order valence-electron chi connectivity index (χ1n) is 7.02. The first-order chi connectivity index (χ1) is 9.58. The van der Waals surface area contributed by atoms with E-state index < -0.39 is 0 Å². The van der Waals surface area contributed by atoms with E-state index in [1.165, 1.54) is 0 Å². The summed E-state index contributed by atoms with van der Waals surface area (Å²) in [5.74, 6) is 0. The van der Waals surface area contributed by atoms with Crippen LogP contribution in [0.5, 0.6) is 0 Å². The van der Waals surface area contributed by atoms with E-state index in [1.807, 2.05) is 43.3 Å². The summed E-state index contributed by atoms with van der Waals surface area (Å²) in [6.45, 7) is 2.35. The van der Waals surface area contributed by atoms with Crippen molar-refractivity contribution in [3.05, 3.63) is 34.9 Å². The lowest BCUT2D eigenvalue weighted by Gasteiger charge is -2.26. The van der Waals surface area contributed by atoms with Gasteiger partial charge in [0.1, 0.15) is 0 Å². The van der Waals surface area contributed by atoms with Crippen molar-refractivity contribution in [2.45, 2.75) is 18.9 Å². The van der Waals surface area contributed by atoms with E-state index in [-0.39, 0.29) is 12.1 Å². The summed E-state index contributed by atoms with van der Waals surface area (Å²) in [4.78, 5) is 16.0. The van der Waals surface area contributed by atoms with Crippen LogP contribution in [0.1, 0.15) is 24.4 Å². The first-order valence-corrected chi connectivity index (χ1v) is 7.40. The van der Waals surface area contributed by atoms with Gasteiger partial charge in [-0.05, 0) is 44.6 Å². The molecule has 0 unspecified atom stereocenters. The molecule has 0 bridgehead atoms. The summed E-state index contributed by atoms with van der Waals surface area (Å²) in [5.41, 5.74) is 1.15. The first kappa shape index (κ1) is 15.1. The fourth-order valence-corrected chi connectivity index (χ4v) is 2.63. The third-order valence-electron chi connectivity index (χ3n) is 3.72. The van der Waals surface area contributed by atoms with Gasteiger partial charge in [0.25, 0.3) is 0 Å². The Morgan fingerprint density at radius 3 is 2.45 bits per heavy atom. The van der Waals surface area contributed by atoms with Gasteiger partial charge in [-0.15, -0.1) is 0 Å². The van der Waals surface area contributed by atoms with Crippen LogP contribution in [0.15, 0.2) is 24.3 Å². The molecule has 0 saturated carbocycles. The van der Waals surface area contributed by atoms with Gasteiger partial charge in [0.15, 0.2) is 0 Å². The van der Waals surface area contributed by atoms with Crippen molar-refractivity contribution in [3.63, 3.8) is 0 Å². The summed E-state index contributed by atoms with van der Waals surface area (Å²) < 4.78 is 0. The number of nitrogens with one attached hydrogen (secondary N) is 1. The Kier molecular flexibility index (Phi) is 5.26. The molecular weight excluding hydrogens is 274 g/mol. The fourth-order valence-electron chi connectivity index (χ4n) is 2.50. The van der Waals surface area contributed by atoms with Crippen molar-refractivity contribution in [2.75, 3.05) is 33.7 Å². The Bertz CT molecular complexity index is 441. The second-order valence-electron chi connectivity index (χ2n) is 5.41. The van der Waals surface area contributed by atoms with Gasteiger partial charge < -0.3 is 15.1 Å². The smallest absolute Gasteiger partial charge is 0.317 e. The minimum Gasteiger partial charge on any atom is -0.336 e. The molecule has 2 rings (SSSR count). The lowest BCUT2D eigenvalue weighted by molar-refractivity contribution is 0.202. The molecule has 5 heteroatoms. The van der Waals surface area contributed by atoms with Crippen LogP contribution in [0.2, 0.25) is 5.02 Å². The maximum absolute atomic E-state index is 12.0. The quantitative estimate of drug-likeness (QED) is 0.927. The normalized spacial score (nSPS) is 16.5. The molecule has 0 aliphatic carbocycles. The number of rotatable bonds is 4. The van der Waals surface area contributed by atoms with E-state index in [9.17, 15) is 4.79 Å². The van der Waals surface area contributed by atoms with Crippen molar-refractivity contribution in [1.82, 2.24) is 15.1 Å². The monoisotopic (exact) mass is 295 g/mol. The molecule has 1 aliphatic rings. The van der Waals surface area contributed by atoms with Gasteiger partial charge in [0.05, 0.1) is 6.04 Å². The van der Waals surface area contributed by atoms with Crippen LogP contribution in [0, 0.1) is 0 Å². The van der Waals surface area contributed by atoms with Gasteiger partial charge in [-0.1, -0.05) is 23.7 Å². The summed E-state index contributed by atoms with van der Waals surface area (Å²) >= 11 is 5.92. The number of benzene rings is 1. The van der Waals surface area contributed by atoms with Crippen LogP contribution in [0.4, 0.5) is 4.79 Å². The van der Waals surface area contributed by atoms with Gasteiger partial charge in [0, 0.05) is 24.7 Å². The maximum atomic E-state index is 12.0. The van der Waals surface area contributed by atoms with Crippen molar-refractivity contribution >= 4 is 17.6 Å². The zero-order valence-corrected chi connectivity index (χ0v) is 12.9. The zero-order valence-electron chi connectivity index (χ0n) is 12.1. The third-order valence-corrected chi connectivity index (χ3v) is 3.97. The van der Waals surface area contributed by atoms with Crippen LogP contribution < -0.4 is 5.32 Å². The highest BCUT2D eigenvalue weighted by Crippen LogP contribution is 2.20. The Labute approximate surface area is 125 Å². The van der Waals surface area contributed by atoms with E-state index in [0.717, 1.165) is 36.5 Å². The van der Waals surface area contributed by atoms with Crippen molar-refractivity contribution in [1.29, 1.82) is 0 Å². The van der Waals surface area contributed by atoms with Crippen molar-refractivity contribution < 1.29 is 4.79 Å². The molecule has 1 aliphatic heterocycles. The predicted molar refractivity (Wildman–Crippen MR) is 82.1 cm³/mol. The van der Waals surface area contributed by atoms with E-state index in [2.05, 4.69) is 10.2 Å². The van der Waals surface area contributed by atoms with Gasteiger partial charge >= 0.3 is 6.03 Å². The average Bonchev–Trinajstić information content (AvgIpc) is 2.94. The predicted octanol–water partition coefficient (Wildman–Crippen LogP) is 2.75. The van der Waals surface area contributed by atoms with E-state index >= 15 is 0 Å². The highest BCUT2D eigenvalue weighted by atomic mass is 35.5. The standard InChI is InChI=1S/C15H22ClN3O/c1-18(2)14(12-5-7-13(16)8-6-12)11-17-15(20)19-9-3-4-10-19/h5-8,14H,3-4,9-11H2,1-2H3,(H,17,20)/t14-/m1/s1. The number of hydrogen-bond donors (Lipinski definition) is 1. The van der Waals surface area contributed by atoms with Gasteiger partial charge in [-0.2, -0.15) is 0 Å². The molecule has 0 radical (unpaired) electrons. The number of likely N-dealkylation sites (tertiary alicyclic amines) is 1. The molecule has 0 aromatic heterocycles. The zero-order chi connectivity index (χ0) is 14.5. The van der Waals surface area contributed by atoms with E-state index in [0.29, 0.717) is 6.54 Å². The van der Waals surface area contributed by atoms with Crippen LogP contribution in [0.3, 0.4) is 0 Å². The molecule has 1 aromatic rings. The topological polar surface area (TPSA) is 35.6 Å². The minimum absolute atomic E-state index is 0.0447. The second kappa shape index (κ2) is 6.95. The lowest BCUT2D eigenvalue weighted by Crippen LogP contribution is -2.42. The number of carbonyl (C=O) groups excluding carboxylic acids is 1. The maximum Gasteiger partial charge on any atom is 0.317 e. The van der Waals surface area contributed by atoms with E-state index in [1.54, 1.807) is 0 Å². The molecule has 1 aromatic carbocycles. The average molecular weight is 296 g/mol. The Morgan fingerprint density at radius 2 is 1.90 bits per heavy atom. The highest BCUT2D eigenvalue weighted by Gasteiger charge is 2.20. The SMILES string of the molecule is CN(C)[C@H](CNC(=O)N1CCCC1)c1ccc(Cl)cc1. The van der Waals surface area contributed by atoms with E-state index in [4.69, 9.17) is 11.6 Å². The Balaban J connectivity index is 1.95. The summed E-state index contributed by atoms with van der Waals surface area (Å²) in [5, 5.41) is 3.76. The van der Waals surface area contributed by atoms with Gasteiger partial charge in [-0.3, -0.25) is 0 Å². The largest absolute Gasteiger partial charge is 0.336 e. The van der Waals surface area contributed by atoms with Gasteiger partial charge in [0.2, 0.25) is 0 Å². The number of urea groups is 1. The van der Waals surface area contributed by atoms with Crippen molar-refractivity contribution in [3.8, 4) is 0 Å². The molecule has 1 heterocycles. The van der Waals surface area contributed by atoms with Crippen LogP contribution >= 0.6 is 11.6 Å². The molecule has 4 nitrogen and oxygen atoms in total. The number of likely N-dealkylation sites (N-methyl/N-ethyl adjacent to an activating group) is 1. The van der Waals surface area contributed by atoms with Crippen LogP contribution in [-0.2, 0) is 0 Å². The van der Waals surface area contributed by atoms with Crippen molar-refractivity contribution in [2.24, 2.45) is 0 Å². The molecule has 1 atom stereocenters. The molecule has 0 spiro atoms. The lowest BCUT2D eigenvalue weighted by atomic mass is 10.1. The number of hydrogen-bond acceptors (Lipinski definition) is 2.